The maximum absolute atomic E-state index is 6.84. The van der Waals surface area contributed by atoms with Gasteiger partial charge in [0.25, 0.3) is 0 Å². The maximum atomic E-state index is 6.84. The molecule has 1 aliphatic carbocycles. The molecule has 8 heteroatoms. The summed E-state index contributed by atoms with van der Waals surface area (Å²) in [5, 5.41) is 2.58. The second kappa shape index (κ2) is 24.2. The average molecular weight is 1180 g/mol. The molecule has 6 nitrogen and oxygen atoms in total. The number of aromatic nitrogens is 1. The van der Waals surface area contributed by atoms with E-state index in [-0.39, 0.29) is 10.8 Å². The van der Waals surface area contributed by atoms with E-state index in [9.17, 15) is 0 Å². The fraction of sp³-hybridized carbons (Fsp3) is 0.407. The topological polar surface area (TPSA) is 45.1 Å². The predicted octanol–water partition coefficient (Wildman–Crippen LogP) is 21.0. The summed E-state index contributed by atoms with van der Waals surface area (Å²) in [6.07, 6.45) is 14.3. The summed E-state index contributed by atoms with van der Waals surface area (Å²) in [7, 11) is -0.863. The molecule has 460 valence electrons. The van der Waals surface area contributed by atoms with Crippen LogP contribution < -0.4 is 15.8 Å². The highest BCUT2D eigenvalue weighted by Gasteiger charge is 2.53. The van der Waals surface area contributed by atoms with Gasteiger partial charge in [-0.1, -0.05) is 190 Å². The Hall–Kier alpha value is -6.67. The second-order valence-corrected chi connectivity index (χ2v) is 29.6. The Kier molecular flexibility index (Phi) is 17.0. The number of aryl methyl sites for hydroxylation is 2. The van der Waals surface area contributed by atoms with Gasteiger partial charge in [-0.15, -0.1) is 0 Å². The van der Waals surface area contributed by atoms with Crippen molar-refractivity contribution in [2.24, 2.45) is 0 Å². The zero-order valence-corrected chi connectivity index (χ0v) is 56.3. The maximum Gasteiger partial charge on any atom is 0.495 e. The molecule has 0 radical (unpaired) electrons. The fourth-order valence-corrected chi connectivity index (χ4v) is 14.2. The van der Waals surface area contributed by atoms with Crippen molar-refractivity contribution in [3.63, 3.8) is 0 Å². The van der Waals surface area contributed by atoms with Crippen LogP contribution in [0.1, 0.15) is 195 Å². The molecule has 1 unspecified atom stereocenters. The SMILES string of the molecule is CCCCCCCCC1(C)c2cc(-c3ccc(N(c4ccc(B5OC(C)(C)C(C)(C)O5)cc4)c4ccc(C(C)(C)C)cc4)cc3)ccc2-c2cc3c(cc21)c1cc(-c2ccccc2)ccc1n3-c1cc(CCCCCC)c(B2OC(C)(C)C(C)(C)O2)cc1C. The van der Waals surface area contributed by atoms with Crippen LogP contribution in [-0.4, -0.2) is 41.2 Å². The van der Waals surface area contributed by atoms with Crippen LogP contribution in [0.3, 0.4) is 0 Å². The number of rotatable bonds is 20. The lowest BCUT2D eigenvalue weighted by atomic mass is 9.74. The minimum atomic E-state index is -0.438. The minimum Gasteiger partial charge on any atom is -0.399 e. The molecule has 0 amide bonds. The molecule has 89 heavy (non-hydrogen) atoms. The summed E-state index contributed by atoms with van der Waals surface area (Å²) in [6.45, 7) is 33.4. The molecule has 0 bridgehead atoms. The standard InChI is InChI=1S/C81H96B2N2O4/c1-16-18-20-22-23-28-48-81(15)70-51-59(57-32-40-63(41-33-57)84(64-42-36-61(37-43-64)76(4,5)6)65-44-38-62(39-45-65)82-86-77(7,8)78(9,10)87-82)34-46-66(70)67-54-75-69(53-71(67)81)68-50-58(56-29-26-24-27-30-56)35-47-73(68)85(75)74-52-60(31-25-21-19-17-2)72(49-55(74)3)83-88-79(11,12)80(13,14)89-83/h24,26-27,29-30,32-47,49-54H,16-23,25,28,31,48H2,1-15H3. The molecule has 0 spiro atoms. The Morgan fingerprint density at radius 1 is 0.449 bits per heavy atom. The van der Waals surface area contributed by atoms with Crippen molar-refractivity contribution in [3.8, 4) is 39.1 Å². The molecular formula is C81H96B2N2O4. The van der Waals surface area contributed by atoms with E-state index in [0.29, 0.717) is 0 Å². The van der Waals surface area contributed by atoms with Crippen molar-refractivity contribution in [2.45, 2.75) is 214 Å². The molecule has 2 fully saturated rings. The van der Waals surface area contributed by atoms with Gasteiger partial charge in [0.15, 0.2) is 0 Å². The Morgan fingerprint density at radius 3 is 1.57 bits per heavy atom. The van der Waals surface area contributed by atoms with Gasteiger partial charge in [-0.05, 0) is 232 Å². The van der Waals surface area contributed by atoms with E-state index in [0.717, 1.165) is 47.3 Å². The van der Waals surface area contributed by atoms with Gasteiger partial charge in [0, 0.05) is 38.9 Å². The van der Waals surface area contributed by atoms with Crippen molar-refractivity contribution in [1.29, 1.82) is 0 Å². The van der Waals surface area contributed by atoms with E-state index in [2.05, 4.69) is 277 Å². The van der Waals surface area contributed by atoms with Crippen molar-refractivity contribution >= 4 is 64.0 Å². The van der Waals surface area contributed by atoms with Gasteiger partial charge in [0.1, 0.15) is 0 Å². The molecule has 12 rings (SSSR count). The van der Waals surface area contributed by atoms with Crippen LogP contribution in [0.2, 0.25) is 0 Å². The fourth-order valence-electron chi connectivity index (χ4n) is 14.2. The van der Waals surface area contributed by atoms with E-state index in [4.69, 9.17) is 18.6 Å². The molecule has 2 saturated heterocycles. The van der Waals surface area contributed by atoms with Crippen LogP contribution in [0, 0.1) is 6.92 Å². The van der Waals surface area contributed by atoms with Crippen LogP contribution >= 0.6 is 0 Å². The first-order valence-corrected chi connectivity index (χ1v) is 33.7. The molecule has 1 aromatic heterocycles. The Balaban J connectivity index is 0.971. The zero-order chi connectivity index (χ0) is 62.8. The van der Waals surface area contributed by atoms with E-state index in [1.807, 2.05) is 0 Å². The number of fused-ring (bicyclic) bond motifs is 6. The van der Waals surface area contributed by atoms with Crippen molar-refractivity contribution in [3.05, 3.63) is 192 Å². The average Bonchev–Trinajstić information content (AvgIpc) is 1.55. The number of benzene rings is 8. The van der Waals surface area contributed by atoms with E-state index in [1.165, 1.54) is 146 Å². The van der Waals surface area contributed by atoms with E-state index >= 15 is 0 Å². The first-order chi connectivity index (χ1) is 42.4. The summed E-state index contributed by atoms with van der Waals surface area (Å²) >= 11 is 0. The van der Waals surface area contributed by atoms with Crippen molar-refractivity contribution in [2.75, 3.05) is 4.90 Å². The third-order valence-corrected chi connectivity index (χ3v) is 21.2. The highest BCUT2D eigenvalue weighted by molar-refractivity contribution is 6.63. The monoisotopic (exact) mass is 1180 g/mol. The highest BCUT2D eigenvalue weighted by Crippen LogP contribution is 2.55. The third-order valence-electron chi connectivity index (χ3n) is 21.2. The Labute approximate surface area is 534 Å². The summed E-state index contributed by atoms with van der Waals surface area (Å²) in [6, 6.07) is 62.6. The van der Waals surface area contributed by atoms with Crippen LogP contribution in [0.4, 0.5) is 17.1 Å². The first kappa shape index (κ1) is 62.5. The zero-order valence-electron chi connectivity index (χ0n) is 56.3. The normalized spacial score (nSPS) is 18.1. The number of anilines is 3. The molecule has 9 aromatic rings. The summed E-state index contributed by atoms with van der Waals surface area (Å²) in [5.74, 6) is 0. The van der Waals surface area contributed by atoms with E-state index in [1.54, 1.807) is 0 Å². The molecule has 3 aliphatic rings. The molecule has 1 atom stereocenters. The Bertz CT molecular complexity index is 3990. The second-order valence-electron chi connectivity index (χ2n) is 29.6. The minimum absolute atomic E-state index is 0.0386. The molecule has 2 aliphatic heterocycles. The van der Waals surface area contributed by atoms with Crippen LogP contribution in [0.15, 0.2) is 164 Å². The smallest absolute Gasteiger partial charge is 0.399 e. The highest BCUT2D eigenvalue weighted by atomic mass is 16.7. The predicted molar refractivity (Wildman–Crippen MR) is 379 cm³/mol. The number of unbranched alkanes of at least 4 members (excludes halogenated alkanes) is 8. The summed E-state index contributed by atoms with van der Waals surface area (Å²) in [4.78, 5) is 2.37. The number of hydrogen-bond acceptors (Lipinski definition) is 5. The Morgan fingerprint density at radius 2 is 0.955 bits per heavy atom. The van der Waals surface area contributed by atoms with Crippen molar-refractivity contribution < 1.29 is 18.6 Å². The quantitative estimate of drug-likeness (QED) is 0.0562. The molecule has 0 saturated carbocycles. The van der Waals surface area contributed by atoms with Crippen LogP contribution in [0.25, 0.3) is 60.9 Å². The summed E-state index contributed by atoms with van der Waals surface area (Å²) in [5.41, 5.74) is 21.5. The lowest BCUT2D eigenvalue weighted by Crippen LogP contribution is -2.41. The van der Waals surface area contributed by atoms with E-state index < -0.39 is 36.6 Å². The third kappa shape index (κ3) is 11.8. The molecular weight excluding hydrogens is 1090 g/mol. The van der Waals surface area contributed by atoms with Gasteiger partial charge in [-0.3, -0.25) is 0 Å². The van der Waals surface area contributed by atoms with Gasteiger partial charge < -0.3 is 28.1 Å². The lowest BCUT2D eigenvalue weighted by Gasteiger charge is -2.32. The number of nitrogens with zero attached hydrogens (tertiary/aromatic N) is 2. The largest absolute Gasteiger partial charge is 0.495 e. The van der Waals surface area contributed by atoms with Crippen LogP contribution in [-0.2, 0) is 35.9 Å². The van der Waals surface area contributed by atoms with Gasteiger partial charge in [0.2, 0.25) is 0 Å². The van der Waals surface area contributed by atoms with Gasteiger partial charge in [0.05, 0.1) is 33.4 Å². The lowest BCUT2D eigenvalue weighted by molar-refractivity contribution is 0.00578. The molecule has 0 N–H and O–H groups in total. The van der Waals surface area contributed by atoms with Crippen molar-refractivity contribution in [1.82, 2.24) is 4.57 Å². The van der Waals surface area contributed by atoms with Gasteiger partial charge >= 0.3 is 14.2 Å². The summed E-state index contributed by atoms with van der Waals surface area (Å²) < 4.78 is 29.2. The van der Waals surface area contributed by atoms with Gasteiger partial charge in [-0.2, -0.15) is 0 Å². The first-order valence-electron chi connectivity index (χ1n) is 33.7. The molecule has 8 aromatic carbocycles. The molecule has 3 heterocycles. The number of hydrogen-bond donors (Lipinski definition) is 0. The van der Waals surface area contributed by atoms with Crippen LogP contribution in [0.5, 0.6) is 0 Å². The van der Waals surface area contributed by atoms with Gasteiger partial charge in [-0.25, -0.2) is 0 Å².